The molecule has 1 aliphatic heterocycles. The summed E-state index contributed by atoms with van der Waals surface area (Å²) in [6, 6.07) is 7.19. The van der Waals surface area contributed by atoms with Crippen molar-refractivity contribution in [3.63, 3.8) is 0 Å². The van der Waals surface area contributed by atoms with Crippen molar-refractivity contribution in [2.75, 3.05) is 13.2 Å². The Kier molecular flexibility index (Phi) is 4.43. The van der Waals surface area contributed by atoms with Crippen LogP contribution in [-0.2, 0) is 16.0 Å². The van der Waals surface area contributed by atoms with Gasteiger partial charge in [0, 0.05) is 23.6 Å². The Morgan fingerprint density at radius 2 is 1.92 bits per heavy atom. The Labute approximate surface area is 145 Å². The molecule has 0 aromatic heterocycles. The number of benzene rings is 1. The number of nitrogens with one attached hydrogen (secondary N) is 1. The number of carbonyl (C=O) groups is 2. The van der Waals surface area contributed by atoms with Gasteiger partial charge in [-0.3, -0.25) is 9.59 Å². The standard InChI is InChI=1S/C18H21N3O4/c1-10-14-15(17(25)19-7-8-22)18(14,2)16(21-20-10)12-5-3-11(4-6-12)9-13(23)24/h3-6,14-15,22H,7-9H2,1-2H3,(H,19,25)(H,23,24). The van der Waals surface area contributed by atoms with Crippen LogP contribution in [0.1, 0.15) is 25.0 Å². The summed E-state index contributed by atoms with van der Waals surface area (Å²) in [5.74, 6) is -1.24. The number of carboxylic acid groups (broad SMARTS) is 1. The predicted molar refractivity (Wildman–Crippen MR) is 92.6 cm³/mol. The first kappa shape index (κ1) is 17.3. The molecule has 3 rings (SSSR count). The Bertz CT molecular complexity index is 769. The first-order valence-electron chi connectivity index (χ1n) is 8.22. The molecule has 1 heterocycles. The quantitative estimate of drug-likeness (QED) is 0.711. The van der Waals surface area contributed by atoms with E-state index in [-0.39, 0.29) is 37.3 Å². The Balaban J connectivity index is 1.86. The van der Waals surface area contributed by atoms with E-state index in [1.807, 2.05) is 26.0 Å². The van der Waals surface area contributed by atoms with Gasteiger partial charge in [-0.25, -0.2) is 0 Å². The molecule has 3 N–H and O–H groups in total. The molecule has 1 aliphatic carbocycles. The van der Waals surface area contributed by atoms with Crippen LogP contribution in [0.4, 0.5) is 0 Å². The summed E-state index contributed by atoms with van der Waals surface area (Å²) in [6.07, 6.45) is -0.0316. The Hall–Kier alpha value is -2.54. The van der Waals surface area contributed by atoms with Gasteiger partial charge in [-0.2, -0.15) is 10.2 Å². The minimum absolute atomic E-state index is 0.00242. The lowest BCUT2D eigenvalue weighted by atomic mass is 9.89. The average Bonchev–Trinajstić information content (AvgIpc) is 3.21. The zero-order valence-corrected chi connectivity index (χ0v) is 14.2. The molecule has 0 radical (unpaired) electrons. The molecule has 25 heavy (non-hydrogen) atoms. The number of aliphatic hydroxyl groups excluding tert-OH is 1. The number of amides is 1. The molecule has 3 atom stereocenters. The second-order valence-corrected chi connectivity index (χ2v) is 6.71. The van der Waals surface area contributed by atoms with Crippen molar-refractivity contribution in [3.05, 3.63) is 35.4 Å². The van der Waals surface area contributed by atoms with E-state index in [0.29, 0.717) is 5.56 Å². The van der Waals surface area contributed by atoms with E-state index in [1.165, 1.54) is 0 Å². The highest BCUT2D eigenvalue weighted by Crippen LogP contribution is 2.62. The molecule has 2 aliphatic rings. The van der Waals surface area contributed by atoms with Crippen LogP contribution >= 0.6 is 0 Å². The molecule has 3 unspecified atom stereocenters. The monoisotopic (exact) mass is 343 g/mol. The van der Waals surface area contributed by atoms with Crippen molar-refractivity contribution in [1.29, 1.82) is 0 Å². The number of carbonyl (C=O) groups excluding carboxylic acids is 1. The fourth-order valence-corrected chi connectivity index (χ4v) is 3.82. The fourth-order valence-electron chi connectivity index (χ4n) is 3.82. The summed E-state index contributed by atoms with van der Waals surface area (Å²) in [5.41, 5.74) is 2.70. The molecule has 1 fully saturated rings. The molecule has 1 amide bonds. The van der Waals surface area contributed by atoms with Crippen LogP contribution in [-0.4, -0.2) is 46.7 Å². The van der Waals surface area contributed by atoms with Gasteiger partial charge in [-0.15, -0.1) is 0 Å². The van der Waals surface area contributed by atoms with Crippen LogP contribution in [0.2, 0.25) is 0 Å². The summed E-state index contributed by atoms with van der Waals surface area (Å²) in [7, 11) is 0. The van der Waals surface area contributed by atoms with Gasteiger partial charge in [0.05, 0.1) is 24.7 Å². The van der Waals surface area contributed by atoms with Gasteiger partial charge < -0.3 is 15.5 Å². The number of rotatable bonds is 6. The minimum Gasteiger partial charge on any atom is -0.481 e. The maximum Gasteiger partial charge on any atom is 0.307 e. The fraction of sp³-hybridized carbons (Fsp3) is 0.444. The molecule has 1 aromatic rings. The minimum atomic E-state index is -0.877. The molecule has 0 spiro atoms. The third kappa shape index (κ3) is 2.95. The topological polar surface area (TPSA) is 111 Å². The van der Waals surface area contributed by atoms with Gasteiger partial charge in [-0.1, -0.05) is 31.2 Å². The summed E-state index contributed by atoms with van der Waals surface area (Å²) < 4.78 is 0. The van der Waals surface area contributed by atoms with Gasteiger partial charge in [0.15, 0.2) is 0 Å². The van der Waals surface area contributed by atoms with E-state index in [1.54, 1.807) is 12.1 Å². The highest BCUT2D eigenvalue weighted by Gasteiger charge is 2.70. The zero-order valence-electron chi connectivity index (χ0n) is 14.2. The highest BCUT2D eigenvalue weighted by molar-refractivity contribution is 6.17. The smallest absolute Gasteiger partial charge is 0.307 e. The first-order chi connectivity index (χ1) is 11.9. The Morgan fingerprint density at radius 3 is 2.52 bits per heavy atom. The van der Waals surface area contributed by atoms with E-state index in [9.17, 15) is 9.59 Å². The van der Waals surface area contributed by atoms with Crippen LogP contribution < -0.4 is 5.32 Å². The summed E-state index contributed by atoms with van der Waals surface area (Å²) in [4.78, 5) is 23.2. The van der Waals surface area contributed by atoms with Crippen molar-refractivity contribution in [2.45, 2.75) is 20.3 Å². The van der Waals surface area contributed by atoms with Gasteiger partial charge >= 0.3 is 5.97 Å². The van der Waals surface area contributed by atoms with E-state index < -0.39 is 11.4 Å². The first-order valence-corrected chi connectivity index (χ1v) is 8.22. The van der Waals surface area contributed by atoms with E-state index in [0.717, 1.165) is 17.0 Å². The SMILES string of the molecule is CC1=NN=C(c2ccc(CC(=O)O)cc2)C2(C)C(C(=O)NCCO)C12. The molecule has 1 aromatic carbocycles. The van der Waals surface area contributed by atoms with Gasteiger partial charge in [0.2, 0.25) is 5.91 Å². The molecular weight excluding hydrogens is 322 g/mol. The van der Waals surface area contributed by atoms with Gasteiger partial charge in [0.1, 0.15) is 0 Å². The van der Waals surface area contributed by atoms with E-state index in [2.05, 4.69) is 15.5 Å². The molecule has 7 nitrogen and oxygen atoms in total. The molecule has 0 bridgehead atoms. The lowest BCUT2D eigenvalue weighted by Crippen LogP contribution is -2.31. The summed E-state index contributed by atoms with van der Waals surface area (Å²) in [6.45, 7) is 4.01. The van der Waals surface area contributed by atoms with Crippen molar-refractivity contribution in [2.24, 2.45) is 27.5 Å². The maximum absolute atomic E-state index is 12.4. The second kappa shape index (κ2) is 6.40. The number of carboxylic acids is 1. The normalized spacial score (nSPS) is 27.0. The third-order valence-corrected chi connectivity index (χ3v) is 5.06. The number of aliphatic hydroxyl groups is 1. The number of hydrogen-bond acceptors (Lipinski definition) is 5. The van der Waals surface area contributed by atoms with Crippen LogP contribution in [0.15, 0.2) is 34.5 Å². The molecule has 0 saturated heterocycles. The maximum atomic E-state index is 12.4. The summed E-state index contributed by atoms with van der Waals surface area (Å²) in [5, 5.41) is 29.1. The number of fused-ring (bicyclic) bond motifs is 1. The van der Waals surface area contributed by atoms with Crippen molar-refractivity contribution in [3.8, 4) is 0 Å². The highest BCUT2D eigenvalue weighted by atomic mass is 16.4. The Morgan fingerprint density at radius 1 is 1.24 bits per heavy atom. The number of nitrogens with zero attached hydrogens (tertiary/aromatic N) is 2. The molecule has 1 saturated carbocycles. The zero-order chi connectivity index (χ0) is 18.2. The lowest BCUT2D eigenvalue weighted by molar-refractivity contribution is -0.136. The molecule has 132 valence electrons. The number of aliphatic carboxylic acids is 1. The largest absolute Gasteiger partial charge is 0.481 e. The van der Waals surface area contributed by atoms with Gasteiger partial charge in [0.25, 0.3) is 0 Å². The van der Waals surface area contributed by atoms with Crippen LogP contribution in [0.5, 0.6) is 0 Å². The van der Waals surface area contributed by atoms with Crippen LogP contribution in [0.25, 0.3) is 0 Å². The van der Waals surface area contributed by atoms with Crippen LogP contribution in [0, 0.1) is 17.3 Å². The van der Waals surface area contributed by atoms with Gasteiger partial charge in [-0.05, 0) is 18.1 Å². The molecule has 7 heteroatoms. The van der Waals surface area contributed by atoms with Crippen LogP contribution in [0.3, 0.4) is 0 Å². The predicted octanol–water partition coefficient (Wildman–Crippen LogP) is 0.853. The average molecular weight is 343 g/mol. The van der Waals surface area contributed by atoms with Crippen molar-refractivity contribution >= 4 is 23.3 Å². The number of hydrogen-bond donors (Lipinski definition) is 3. The third-order valence-electron chi connectivity index (χ3n) is 5.06. The molecular formula is C18H21N3O4. The van der Waals surface area contributed by atoms with Crippen molar-refractivity contribution < 1.29 is 19.8 Å². The van der Waals surface area contributed by atoms with E-state index >= 15 is 0 Å². The van der Waals surface area contributed by atoms with Crippen molar-refractivity contribution in [1.82, 2.24) is 5.32 Å². The summed E-state index contributed by atoms with van der Waals surface area (Å²) >= 11 is 0. The lowest BCUT2D eigenvalue weighted by Gasteiger charge is -2.18. The van der Waals surface area contributed by atoms with E-state index in [4.69, 9.17) is 10.2 Å². The second-order valence-electron chi connectivity index (χ2n) is 6.71.